The maximum absolute atomic E-state index is 11.4. The molecule has 174 valence electrons. The normalized spacial score (nSPS) is 15.8. The molecule has 4 rings (SSSR count). The van der Waals surface area contributed by atoms with Crippen LogP contribution in [0.3, 0.4) is 0 Å². The molecule has 2 atom stereocenters. The first kappa shape index (κ1) is 22.9. The molecule has 0 fully saturated rings. The lowest BCUT2D eigenvalue weighted by Crippen LogP contribution is -2.17. The van der Waals surface area contributed by atoms with Gasteiger partial charge in [-0.2, -0.15) is 0 Å². The van der Waals surface area contributed by atoms with E-state index in [1.165, 1.54) is 11.1 Å². The quantitative estimate of drug-likeness (QED) is 0.497. The zero-order valence-electron chi connectivity index (χ0n) is 20.0. The van der Waals surface area contributed by atoms with Crippen LogP contribution in [0, 0.1) is 19.8 Å². The van der Waals surface area contributed by atoms with E-state index in [0.29, 0.717) is 18.9 Å². The number of aliphatic carboxylic acids is 1. The fraction of sp³-hybridized carbons (Fsp3) is 0.407. The van der Waals surface area contributed by atoms with Gasteiger partial charge in [-0.3, -0.25) is 4.79 Å². The van der Waals surface area contributed by atoms with E-state index in [1.54, 1.807) is 6.92 Å². The molecule has 3 aromatic rings. The summed E-state index contributed by atoms with van der Waals surface area (Å²) in [6.45, 7) is 6.32. The molecule has 0 unspecified atom stereocenters. The first-order valence-electron chi connectivity index (χ1n) is 11.5. The fourth-order valence-electron chi connectivity index (χ4n) is 4.68. The van der Waals surface area contributed by atoms with Crippen molar-refractivity contribution in [2.75, 3.05) is 25.6 Å². The standard InChI is InChI=1S/C27H32N2O4/c1-16-6-7-20(15-25(16)29(4)5)26-28-24(18(3)33-26)12-13-32-21-9-11-23-19(14-21)8-10-22(23)17(2)27(30)31/h6-7,9,11,14-15,17,22H,8,10,12-13H2,1-5H3,(H,30,31)/t17-,22-/m0/s1. The van der Waals surface area contributed by atoms with Crippen molar-refractivity contribution in [3.8, 4) is 17.2 Å². The molecule has 0 bridgehead atoms. The molecule has 0 amide bonds. The fourth-order valence-corrected chi connectivity index (χ4v) is 4.68. The third kappa shape index (κ3) is 4.75. The Bertz CT molecular complexity index is 1160. The number of hydrogen-bond donors (Lipinski definition) is 1. The lowest BCUT2D eigenvalue weighted by atomic mass is 9.89. The molecule has 2 aromatic carbocycles. The van der Waals surface area contributed by atoms with E-state index in [0.717, 1.165) is 46.9 Å². The van der Waals surface area contributed by atoms with E-state index in [1.807, 2.05) is 39.2 Å². The average Bonchev–Trinajstić information content (AvgIpc) is 3.36. The van der Waals surface area contributed by atoms with Gasteiger partial charge in [-0.05, 0) is 73.6 Å². The number of hydrogen-bond acceptors (Lipinski definition) is 5. The van der Waals surface area contributed by atoms with Crippen molar-refractivity contribution in [1.29, 1.82) is 0 Å². The molecule has 6 nitrogen and oxygen atoms in total. The highest BCUT2D eigenvalue weighted by Gasteiger charge is 2.31. The Balaban J connectivity index is 1.41. The van der Waals surface area contributed by atoms with Crippen LogP contribution in [-0.4, -0.2) is 36.8 Å². The maximum Gasteiger partial charge on any atom is 0.306 e. The SMILES string of the molecule is Cc1ccc(-c2nc(CCOc3ccc4c(c3)CC[C@H]4[C@H](C)C(=O)O)c(C)o2)cc1N(C)C. The summed E-state index contributed by atoms with van der Waals surface area (Å²) in [5, 5.41) is 9.35. The molecule has 0 saturated carbocycles. The first-order valence-corrected chi connectivity index (χ1v) is 11.5. The van der Waals surface area contributed by atoms with Crippen LogP contribution in [0.2, 0.25) is 0 Å². The lowest BCUT2D eigenvalue weighted by Gasteiger charge is -2.16. The third-order valence-electron chi connectivity index (χ3n) is 6.67. The molecule has 1 aliphatic carbocycles. The van der Waals surface area contributed by atoms with Crippen LogP contribution in [0.1, 0.15) is 47.4 Å². The Morgan fingerprint density at radius 2 is 2.03 bits per heavy atom. The molecule has 0 saturated heterocycles. The number of benzene rings is 2. The summed E-state index contributed by atoms with van der Waals surface area (Å²) in [6.07, 6.45) is 2.42. The molecular weight excluding hydrogens is 416 g/mol. The molecule has 1 N–H and O–H groups in total. The smallest absolute Gasteiger partial charge is 0.306 e. The molecule has 0 radical (unpaired) electrons. The van der Waals surface area contributed by atoms with Gasteiger partial charge in [-0.1, -0.05) is 19.1 Å². The number of aryl methyl sites for hydroxylation is 3. The number of anilines is 1. The van der Waals surface area contributed by atoms with Crippen molar-refractivity contribution in [2.24, 2.45) is 5.92 Å². The predicted molar refractivity (Wildman–Crippen MR) is 129 cm³/mol. The van der Waals surface area contributed by atoms with Gasteiger partial charge in [-0.25, -0.2) is 4.98 Å². The average molecular weight is 449 g/mol. The van der Waals surface area contributed by atoms with Gasteiger partial charge in [0.05, 0.1) is 18.2 Å². The lowest BCUT2D eigenvalue weighted by molar-refractivity contribution is -0.141. The number of fused-ring (bicyclic) bond motifs is 1. The van der Waals surface area contributed by atoms with Crippen molar-refractivity contribution in [2.45, 2.75) is 46.0 Å². The number of carboxylic acid groups (broad SMARTS) is 1. The molecule has 33 heavy (non-hydrogen) atoms. The highest BCUT2D eigenvalue weighted by Crippen LogP contribution is 2.40. The van der Waals surface area contributed by atoms with E-state index in [4.69, 9.17) is 14.1 Å². The third-order valence-corrected chi connectivity index (χ3v) is 6.67. The van der Waals surface area contributed by atoms with E-state index < -0.39 is 5.97 Å². The van der Waals surface area contributed by atoms with Crippen LogP contribution >= 0.6 is 0 Å². The van der Waals surface area contributed by atoms with Crippen molar-refractivity contribution >= 4 is 11.7 Å². The molecule has 6 heteroatoms. The molecule has 1 aromatic heterocycles. The van der Waals surface area contributed by atoms with Crippen LogP contribution in [0.15, 0.2) is 40.8 Å². The van der Waals surface area contributed by atoms with Gasteiger partial charge in [0, 0.05) is 31.8 Å². The van der Waals surface area contributed by atoms with Gasteiger partial charge in [0.25, 0.3) is 0 Å². The molecule has 1 aliphatic rings. The minimum atomic E-state index is -0.737. The van der Waals surface area contributed by atoms with Gasteiger partial charge in [0.2, 0.25) is 5.89 Å². The second-order valence-corrected chi connectivity index (χ2v) is 9.15. The predicted octanol–water partition coefficient (Wildman–Crippen LogP) is 5.40. The molecule has 0 spiro atoms. The first-order chi connectivity index (χ1) is 15.7. The monoisotopic (exact) mass is 448 g/mol. The number of rotatable bonds is 8. The molecular formula is C27H32N2O4. The summed E-state index contributed by atoms with van der Waals surface area (Å²) in [6, 6.07) is 12.3. The second kappa shape index (κ2) is 9.30. The summed E-state index contributed by atoms with van der Waals surface area (Å²) in [5.41, 5.74) is 6.55. The van der Waals surface area contributed by atoms with Crippen molar-refractivity contribution in [1.82, 2.24) is 4.98 Å². The maximum atomic E-state index is 11.4. The van der Waals surface area contributed by atoms with E-state index in [2.05, 4.69) is 30.0 Å². The van der Waals surface area contributed by atoms with Crippen LogP contribution in [0.4, 0.5) is 5.69 Å². The second-order valence-electron chi connectivity index (χ2n) is 9.15. The summed E-state index contributed by atoms with van der Waals surface area (Å²) >= 11 is 0. The topological polar surface area (TPSA) is 75.8 Å². The summed E-state index contributed by atoms with van der Waals surface area (Å²) in [7, 11) is 4.06. The zero-order valence-corrected chi connectivity index (χ0v) is 20.0. The Hall–Kier alpha value is -3.28. The van der Waals surface area contributed by atoms with Gasteiger partial charge in [0.15, 0.2) is 0 Å². The van der Waals surface area contributed by atoms with Gasteiger partial charge in [-0.15, -0.1) is 0 Å². The number of aromatic nitrogens is 1. The van der Waals surface area contributed by atoms with E-state index in [-0.39, 0.29) is 11.8 Å². The van der Waals surface area contributed by atoms with Crippen molar-refractivity contribution < 1.29 is 19.1 Å². The van der Waals surface area contributed by atoms with E-state index >= 15 is 0 Å². The Labute approximate surface area is 195 Å². The Morgan fingerprint density at radius 1 is 1.24 bits per heavy atom. The van der Waals surface area contributed by atoms with Crippen molar-refractivity contribution in [3.63, 3.8) is 0 Å². The summed E-state index contributed by atoms with van der Waals surface area (Å²) in [5.74, 6) is 1.22. The molecule has 0 aliphatic heterocycles. The number of carboxylic acids is 1. The highest BCUT2D eigenvalue weighted by molar-refractivity contribution is 5.71. The van der Waals surface area contributed by atoms with Crippen molar-refractivity contribution in [3.05, 3.63) is 64.5 Å². The van der Waals surface area contributed by atoms with Crippen LogP contribution in [0.25, 0.3) is 11.5 Å². The van der Waals surface area contributed by atoms with Crippen LogP contribution in [0.5, 0.6) is 5.75 Å². The van der Waals surface area contributed by atoms with Crippen LogP contribution in [-0.2, 0) is 17.6 Å². The minimum Gasteiger partial charge on any atom is -0.493 e. The highest BCUT2D eigenvalue weighted by atomic mass is 16.5. The van der Waals surface area contributed by atoms with Gasteiger partial charge >= 0.3 is 5.97 Å². The Morgan fingerprint density at radius 3 is 2.76 bits per heavy atom. The number of carbonyl (C=O) groups is 1. The van der Waals surface area contributed by atoms with E-state index in [9.17, 15) is 9.90 Å². The summed E-state index contributed by atoms with van der Waals surface area (Å²) in [4.78, 5) is 18.2. The molecule has 1 heterocycles. The Kier molecular flexibility index (Phi) is 6.45. The zero-order chi connectivity index (χ0) is 23.7. The summed E-state index contributed by atoms with van der Waals surface area (Å²) < 4.78 is 12.0. The van der Waals surface area contributed by atoms with Gasteiger partial charge in [0.1, 0.15) is 11.5 Å². The minimum absolute atomic E-state index is 0.0811. The number of nitrogens with zero attached hydrogens (tertiary/aromatic N) is 2. The number of ether oxygens (including phenoxy) is 1. The number of oxazole rings is 1. The largest absolute Gasteiger partial charge is 0.493 e. The van der Waals surface area contributed by atoms with Gasteiger partial charge < -0.3 is 19.2 Å². The van der Waals surface area contributed by atoms with Crippen LogP contribution < -0.4 is 9.64 Å².